The van der Waals surface area contributed by atoms with Crippen LogP contribution in [0.4, 0.5) is 0 Å². The molecule has 2 unspecified atom stereocenters. The van der Waals surface area contributed by atoms with Crippen LogP contribution >= 0.6 is 0 Å². The van der Waals surface area contributed by atoms with Crippen molar-refractivity contribution in [2.45, 2.75) is 38.8 Å². The van der Waals surface area contributed by atoms with Crippen LogP contribution in [0.25, 0.3) is 0 Å². The van der Waals surface area contributed by atoms with Gasteiger partial charge in [-0.1, -0.05) is 0 Å². The van der Waals surface area contributed by atoms with Crippen LogP contribution in [-0.2, 0) is 16.1 Å². The first kappa shape index (κ1) is 12.7. The fraction of sp³-hybridized carbons (Fsp3) is 0.636. The average Bonchev–Trinajstić information content (AvgIpc) is 2.72. The predicted octanol–water partition coefficient (Wildman–Crippen LogP) is 0.897. The van der Waals surface area contributed by atoms with E-state index >= 15 is 0 Å². The van der Waals surface area contributed by atoms with Crippen LogP contribution < -0.4 is 5.73 Å². The summed E-state index contributed by atoms with van der Waals surface area (Å²) in [4.78, 5) is 15.4. The van der Waals surface area contributed by atoms with Crippen molar-refractivity contribution in [2.75, 3.05) is 7.11 Å². The van der Waals surface area contributed by atoms with Gasteiger partial charge in [0.1, 0.15) is 0 Å². The maximum atomic E-state index is 11.3. The first-order chi connectivity index (χ1) is 7.60. The van der Waals surface area contributed by atoms with E-state index in [1.165, 1.54) is 7.11 Å². The molecule has 1 aromatic heterocycles. The zero-order chi connectivity index (χ0) is 12.1. The molecule has 0 aliphatic rings. The number of nitrogens with two attached hydrogens (primary N) is 1. The maximum Gasteiger partial charge on any atom is 0.306 e. The van der Waals surface area contributed by atoms with E-state index in [1.807, 2.05) is 18.4 Å². The van der Waals surface area contributed by atoms with Gasteiger partial charge in [-0.05, 0) is 13.8 Å². The van der Waals surface area contributed by atoms with Crippen LogP contribution in [0.2, 0.25) is 0 Å². The Morgan fingerprint density at radius 1 is 1.69 bits per heavy atom. The van der Waals surface area contributed by atoms with Crippen LogP contribution in [0.5, 0.6) is 0 Å². The number of hydrogen-bond acceptors (Lipinski definition) is 4. The number of imidazole rings is 1. The van der Waals surface area contributed by atoms with Crippen molar-refractivity contribution in [3.05, 3.63) is 18.2 Å². The second-order valence-corrected chi connectivity index (χ2v) is 3.85. The predicted molar refractivity (Wildman–Crippen MR) is 60.9 cm³/mol. The van der Waals surface area contributed by atoms with Crippen molar-refractivity contribution in [1.29, 1.82) is 0 Å². The summed E-state index contributed by atoms with van der Waals surface area (Å²) in [7, 11) is 1.39. The van der Waals surface area contributed by atoms with Crippen LogP contribution in [0.3, 0.4) is 0 Å². The third kappa shape index (κ3) is 2.82. The Balaban J connectivity index is 2.89. The van der Waals surface area contributed by atoms with Crippen molar-refractivity contribution in [1.82, 2.24) is 9.55 Å². The lowest BCUT2D eigenvalue weighted by Crippen LogP contribution is -2.28. The minimum atomic E-state index is -0.244. The molecule has 1 aromatic rings. The SMILES string of the molecule is CCn1cncc1C(CC(=O)OC)C(C)N. The Morgan fingerprint density at radius 3 is 2.88 bits per heavy atom. The number of carbonyl (C=O) groups excluding carboxylic acids is 1. The smallest absolute Gasteiger partial charge is 0.306 e. The van der Waals surface area contributed by atoms with E-state index in [2.05, 4.69) is 9.72 Å². The molecule has 0 aliphatic carbocycles. The Morgan fingerprint density at radius 2 is 2.38 bits per heavy atom. The Kier molecular flexibility index (Phi) is 4.49. The molecule has 16 heavy (non-hydrogen) atoms. The molecule has 90 valence electrons. The van der Waals surface area contributed by atoms with Gasteiger partial charge in [0, 0.05) is 30.4 Å². The van der Waals surface area contributed by atoms with Crippen molar-refractivity contribution in [3.63, 3.8) is 0 Å². The number of hydrogen-bond donors (Lipinski definition) is 1. The van der Waals surface area contributed by atoms with Crippen molar-refractivity contribution in [2.24, 2.45) is 5.73 Å². The molecule has 0 aromatic carbocycles. The van der Waals surface area contributed by atoms with Crippen LogP contribution in [0.1, 0.15) is 31.9 Å². The normalized spacial score (nSPS) is 14.5. The molecular formula is C11H19N3O2. The zero-order valence-electron chi connectivity index (χ0n) is 10.0. The number of aromatic nitrogens is 2. The number of carbonyl (C=O) groups is 1. The molecule has 0 radical (unpaired) electrons. The van der Waals surface area contributed by atoms with Gasteiger partial charge in [-0.3, -0.25) is 4.79 Å². The molecule has 0 saturated carbocycles. The van der Waals surface area contributed by atoms with Crippen LogP contribution in [0.15, 0.2) is 12.5 Å². The quantitative estimate of drug-likeness (QED) is 0.756. The maximum absolute atomic E-state index is 11.3. The van der Waals surface area contributed by atoms with E-state index in [1.54, 1.807) is 12.5 Å². The highest BCUT2D eigenvalue weighted by Gasteiger charge is 2.23. The number of nitrogens with zero attached hydrogens (tertiary/aromatic N) is 2. The second kappa shape index (κ2) is 5.65. The Hall–Kier alpha value is -1.36. The minimum Gasteiger partial charge on any atom is -0.469 e. The van der Waals surface area contributed by atoms with E-state index in [0.717, 1.165) is 12.2 Å². The topological polar surface area (TPSA) is 70.1 Å². The molecule has 0 bridgehead atoms. The molecule has 0 saturated heterocycles. The molecule has 5 heteroatoms. The molecule has 0 aliphatic heterocycles. The lowest BCUT2D eigenvalue weighted by Gasteiger charge is -2.20. The molecular weight excluding hydrogens is 206 g/mol. The molecule has 1 heterocycles. The number of methoxy groups -OCH3 is 1. The largest absolute Gasteiger partial charge is 0.469 e. The summed E-state index contributed by atoms with van der Waals surface area (Å²) in [5.41, 5.74) is 6.89. The molecule has 0 fully saturated rings. The number of aryl methyl sites for hydroxylation is 1. The van der Waals surface area contributed by atoms with E-state index in [4.69, 9.17) is 5.73 Å². The fourth-order valence-electron chi connectivity index (χ4n) is 1.73. The van der Waals surface area contributed by atoms with Gasteiger partial charge >= 0.3 is 5.97 Å². The highest BCUT2D eigenvalue weighted by Crippen LogP contribution is 2.22. The average molecular weight is 225 g/mol. The van der Waals surface area contributed by atoms with E-state index in [0.29, 0.717) is 6.42 Å². The van der Waals surface area contributed by atoms with Gasteiger partial charge in [-0.2, -0.15) is 0 Å². The monoisotopic (exact) mass is 225 g/mol. The second-order valence-electron chi connectivity index (χ2n) is 3.85. The summed E-state index contributed by atoms with van der Waals surface area (Å²) in [6.07, 6.45) is 3.81. The molecule has 0 amide bonds. The highest BCUT2D eigenvalue weighted by molar-refractivity contribution is 5.70. The van der Waals surface area contributed by atoms with Crippen LogP contribution in [-0.4, -0.2) is 28.7 Å². The summed E-state index contributed by atoms with van der Waals surface area (Å²) < 4.78 is 6.68. The molecule has 5 nitrogen and oxygen atoms in total. The Bertz CT molecular complexity index is 347. The highest BCUT2D eigenvalue weighted by atomic mass is 16.5. The fourth-order valence-corrected chi connectivity index (χ4v) is 1.73. The standard InChI is InChI=1S/C11H19N3O2/c1-4-14-7-13-6-10(14)9(8(2)12)5-11(15)16-3/h6-9H,4-5,12H2,1-3H3. The van der Waals surface area contributed by atoms with Crippen molar-refractivity contribution in [3.8, 4) is 0 Å². The van der Waals surface area contributed by atoms with Gasteiger partial charge in [-0.15, -0.1) is 0 Å². The zero-order valence-corrected chi connectivity index (χ0v) is 10.0. The van der Waals surface area contributed by atoms with E-state index in [9.17, 15) is 4.79 Å². The van der Waals surface area contributed by atoms with Crippen LogP contribution in [0, 0.1) is 0 Å². The molecule has 2 N–H and O–H groups in total. The summed E-state index contributed by atoms with van der Waals surface area (Å²) in [6, 6.07) is -0.110. The van der Waals surface area contributed by atoms with Gasteiger partial charge in [0.05, 0.1) is 19.9 Å². The molecule has 1 rings (SSSR count). The summed E-state index contributed by atoms with van der Waals surface area (Å²) >= 11 is 0. The first-order valence-electron chi connectivity index (χ1n) is 5.42. The lowest BCUT2D eigenvalue weighted by molar-refractivity contribution is -0.141. The van der Waals surface area contributed by atoms with Gasteiger partial charge < -0.3 is 15.0 Å². The third-order valence-corrected chi connectivity index (χ3v) is 2.71. The van der Waals surface area contributed by atoms with Gasteiger partial charge in [0.2, 0.25) is 0 Å². The number of rotatable bonds is 5. The summed E-state index contributed by atoms with van der Waals surface area (Å²) in [6.45, 7) is 4.74. The van der Waals surface area contributed by atoms with Gasteiger partial charge in [0.25, 0.3) is 0 Å². The summed E-state index contributed by atoms with van der Waals surface area (Å²) in [5.74, 6) is -0.291. The van der Waals surface area contributed by atoms with Gasteiger partial charge in [0.15, 0.2) is 0 Å². The molecule has 2 atom stereocenters. The number of ether oxygens (including phenoxy) is 1. The summed E-state index contributed by atoms with van der Waals surface area (Å²) in [5, 5.41) is 0. The van der Waals surface area contributed by atoms with Crippen molar-refractivity contribution >= 4 is 5.97 Å². The number of esters is 1. The minimum absolute atomic E-state index is 0.0464. The van der Waals surface area contributed by atoms with Crippen molar-refractivity contribution < 1.29 is 9.53 Å². The lowest BCUT2D eigenvalue weighted by atomic mass is 9.94. The van der Waals surface area contributed by atoms with E-state index < -0.39 is 0 Å². The molecule has 0 spiro atoms. The Labute approximate surface area is 95.6 Å². The first-order valence-corrected chi connectivity index (χ1v) is 5.42. The van der Waals surface area contributed by atoms with E-state index in [-0.39, 0.29) is 17.9 Å². The third-order valence-electron chi connectivity index (χ3n) is 2.71. The van der Waals surface area contributed by atoms with Gasteiger partial charge in [-0.25, -0.2) is 4.98 Å².